The van der Waals surface area contributed by atoms with Crippen LogP contribution in [0.15, 0.2) is 0 Å². The number of nitrogen functional groups attached to an aromatic ring is 1. The minimum atomic E-state index is -0.781. The largest absolute Gasteiger partial charge is 0.481 e. The number of rotatable bonds is 4. The number of amides is 1. The fraction of sp³-hybridized carbons (Fsp3) is 0.643. The van der Waals surface area contributed by atoms with Gasteiger partial charge < -0.3 is 15.7 Å². The normalized spacial score (nSPS) is 20.3. The topological polar surface area (TPSA) is 96.5 Å². The molecule has 2 atom stereocenters. The molecule has 7 heteroatoms. The highest BCUT2D eigenvalue weighted by atomic mass is 32.1. The van der Waals surface area contributed by atoms with Crippen LogP contribution in [0.5, 0.6) is 0 Å². The van der Waals surface area contributed by atoms with Gasteiger partial charge in [0.15, 0.2) is 5.13 Å². The van der Waals surface area contributed by atoms with E-state index in [1.54, 1.807) is 6.92 Å². The second-order valence-electron chi connectivity index (χ2n) is 5.70. The minimum absolute atomic E-state index is 0.0334. The third-order valence-electron chi connectivity index (χ3n) is 4.05. The van der Waals surface area contributed by atoms with E-state index in [9.17, 15) is 9.59 Å². The molecule has 0 radical (unpaired) electrons. The lowest BCUT2D eigenvalue weighted by molar-refractivity contribution is -0.138. The van der Waals surface area contributed by atoms with Crippen LogP contribution < -0.4 is 5.73 Å². The Morgan fingerprint density at radius 1 is 1.57 bits per heavy atom. The number of carbonyl (C=O) groups is 2. The molecule has 1 aliphatic heterocycles. The van der Waals surface area contributed by atoms with Crippen LogP contribution >= 0.6 is 11.3 Å². The van der Waals surface area contributed by atoms with Crippen molar-refractivity contribution in [1.29, 1.82) is 0 Å². The van der Waals surface area contributed by atoms with Crippen LogP contribution in [0.4, 0.5) is 5.13 Å². The maximum Gasteiger partial charge on any atom is 0.303 e. The zero-order chi connectivity index (χ0) is 15.6. The summed E-state index contributed by atoms with van der Waals surface area (Å²) in [7, 11) is 0. The number of carboxylic acids is 1. The molecule has 0 spiro atoms. The van der Waals surface area contributed by atoms with Gasteiger partial charge in [0.1, 0.15) is 4.88 Å². The summed E-state index contributed by atoms with van der Waals surface area (Å²) in [6, 6.07) is 0. The lowest BCUT2D eigenvalue weighted by atomic mass is 9.84. The van der Waals surface area contributed by atoms with Crippen molar-refractivity contribution in [3.8, 4) is 0 Å². The molecule has 0 saturated carbocycles. The first-order valence-corrected chi connectivity index (χ1v) is 7.94. The van der Waals surface area contributed by atoms with Crippen molar-refractivity contribution < 1.29 is 14.7 Å². The van der Waals surface area contributed by atoms with E-state index in [0.717, 1.165) is 12.8 Å². The Balaban J connectivity index is 2.05. The second kappa shape index (κ2) is 6.43. The zero-order valence-corrected chi connectivity index (χ0v) is 13.2. The molecule has 21 heavy (non-hydrogen) atoms. The summed E-state index contributed by atoms with van der Waals surface area (Å²) in [5, 5.41) is 9.31. The van der Waals surface area contributed by atoms with Gasteiger partial charge in [-0.1, -0.05) is 18.3 Å². The number of nitrogens with two attached hydrogens (primary N) is 1. The lowest BCUT2D eigenvalue weighted by Gasteiger charge is -2.35. The van der Waals surface area contributed by atoms with Crippen molar-refractivity contribution in [3.63, 3.8) is 0 Å². The van der Waals surface area contributed by atoms with Gasteiger partial charge in [-0.05, 0) is 31.6 Å². The van der Waals surface area contributed by atoms with Crippen LogP contribution in [0.1, 0.15) is 41.6 Å². The van der Waals surface area contributed by atoms with Crippen molar-refractivity contribution in [2.45, 2.75) is 33.1 Å². The molecule has 1 amide bonds. The Morgan fingerprint density at radius 2 is 2.29 bits per heavy atom. The summed E-state index contributed by atoms with van der Waals surface area (Å²) in [4.78, 5) is 29.9. The molecule has 1 fully saturated rings. The summed E-state index contributed by atoms with van der Waals surface area (Å²) in [6.45, 7) is 5.06. The van der Waals surface area contributed by atoms with Crippen LogP contribution in [0, 0.1) is 18.8 Å². The fourth-order valence-corrected chi connectivity index (χ4v) is 3.66. The number of nitrogens with zero attached hydrogens (tertiary/aromatic N) is 2. The van der Waals surface area contributed by atoms with Crippen molar-refractivity contribution in [3.05, 3.63) is 10.6 Å². The van der Waals surface area contributed by atoms with Crippen molar-refractivity contribution in [2.75, 3.05) is 18.8 Å². The van der Waals surface area contributed by atoms with Crippen LogP contribution in [0.25, 0.3) is 0 Å². The summed E-state index contributed by atoms with van der Waals surface area (Å²) < 4.78 is 0. The van der Waals surface area contributed by atoms with E-state index in [4.69, 9.17) is 10.8 Å². The maximum atomic E-state index is 12.5. The van der Waals surface area contributed by atoms with Gasteiger partial charge in [-0.3, -0.25) is 9.59 Å². The standard InChI is InChI=1S/C14H21N3O3S/c1-8(6-11(18)19)10-4-3-5-17(7-10)13(20)12-9(2)16-14(15)21-12/h8,10H,3-7H2,1-2H3,(H2,15,16)(H,18,19). The number of aromatic nitrogens is 1. The Bertz CT molecular complexity index is 544. The van der Waals surface area contributed by atoms with E-state index in [1.807, 2.05) is 11.8 Å². The summed E-state index contributed by atoms with van der Waals surface area (Å²) in [5.74, 6) is -0.499. The van der Waals surface area contributed by atoms with Crippen LogP contribution in [0.2, 0.25) is 0 Å². The lowest BCUT2D eigenvalue weighted by Crippen LogP contribution is -2.42. The van der Waals surface area contributed by atoms with E-state index in [0.29, 0.717) is 28.8 Å². The summed E-state index contributed by atoms with van der Waals surface area (Å²) in [6.07, 6.45) is 2.04. The quantitative estimate of drug-likeness (QED) is 0.886. The molecule has 0 aromatic carbocycles. The number of hydrogen-bond donors (Lipinski definition) is 2. The Hall–Kier alpha value is -1.63. The first kappa shape index (κ1) is 15.8. The summed E-state index contributed by atoms with van der Waals surface area (Å²) in [5.41, 5.74) is 6.32. The predicted molar refractivity (Wildman–Crippen MR) is 81.3 cm³/mol. The number of piperidine rings is 1. The SMILES string of the molecule is Cc1nc(N)sc1C(=O)N1CCCC(C(C)CC(=O)O)C1. The highest BCUT2D eigenvalue weighted by Gasteiger charge is 2.30. The number of thiazole rings is 1. The van der Waals surface area contributed by atoms with E-state index < -0.39 is 5.97 Å². The molecule has 2 rings (SSSR count). The molecule has 3 N–H and O–H groups in total. The van der Waals surface area contributed by atoms with Crippen LogP contribution in [-0.4, -0.2) is 40.0 Å². The van der Waals surface area contributed by atoms with Gasteiger partial charge in [0.25, 0.3) is 5.91 Å². The molecule has 6 nitrogen and oxygen atoms in total. The Labute approximate surface area is 128 Å². The smallest absolute Gasteiger partial charge is 0.303 e. The Kier molecular flexibility index (Phi) is 4.82. The van der Waals surface area contributed by atoms with Gasteiger partial charge in [0.2, 0.25) is 0 Å². The highest BCUT2D eigenvalue weighted by Crippen LogP contribution is 2.29. The van der Waals surface area contributed by atoms with Crippen molar-refractivity contribution >= 4 is 28.3 Å². The maximum absolute atomic E-state index is 12.5. The summed E-state index contributed by atoms with van der Waals surface area (Å²) >= 11 is 1.22. The molecule has 0 bridgehead atoms. The number of carboxylic acid groups (broad SMARTS) is 1. The highest BCUT2D eigenvalue weighted by molar-refractivity contribution is 7.17. The van der Waals surface area contributed by atoms with Gasteiger partial charge in [-0.2, -0.15) is 0 Å². The molecule has 2 unspecified atom stereocenters. The molecular formula is C14H21N3O3S. The number of hydrogen-bond acceptors (Lipinski definition) is 5. The number of likely N-dealkylation sites (tertiary alicyclic amines) is 1. The first-order valence-electron chi connectivity index (χ1n) is 7.12. The third-order valence-corrected chi connectivity index (χ3v) is 5.03. The number of aryl methyl sites for hydroxylation is 1. The average Bonchev–Trinajstić information content (AvgIpc) is 2.76. The number of carbonyl (C=O) groups excluding carboxylic acids is 1. The Morgan fingerprint density at radius 3 is 2.86 bits per heavy atom. The van der Waals surface area contributed by atoms with Gasteiger partial charge in [-0.15, -0.1) is 0 Å². The first-order chi connectivity index (χ1) is 9.88. The molecule has 1 aromatic heterocycles. The molecule has 1 aromatic rings. The van der Waals surface area contributed by atoms with Gasteiger partial charge in [0, 0.05) is 19.5 Å². The zero-order valence-electron chi connectivity index (χ0n) is 12.3. The fourth-order valence-electron chi connectivity index (χ4n) is 2.86. The molecule has 116 valence electrons. The predicted octanol–water partition coefficient (Wildman–Crippen LogP) is 2.00. The van der Waals surface area contributed by atoms with E-state index in [2.05, 4.69) is 4.98 Å². The third kappa shape index (κ3) is 3.72. The van der Waals surface area contributed by atoms with Gasteiger partial charge >= 0.3 is 5.97 Å². The van der Waals surface area contributed by atoms with Crippen molar-refractivity contribution in [1.82, 2.24) is 9.88 Å². The molecule has 1 aliphatic rings. The second-order valence-corrected chi connectivity index (χ2v) is 6.73. The van der Waals surface area contributed by atoms with E-state index in [1.165, 1.54) is 11.3 Å². The minimum Gasteiger partial charge on any atom is -0.481 e. The molecule has 2 heterocycles. The van der Waals surface area contributed by atoms with Crippen LogP contribution in [0.3, 0.4) is 0 Å². The van der Waals surface area contributed by atoms with E-state index in [-0.39, 0.29) is 24.2 Å². The molecule has 1 saturated heterocycles. The van der Waals surface area contributed by atoms with Crippen LogP contribution in [-0.2, 0) is 4.79 Å². The van der Waals surface area contributed by atoms with E-state index >= 15 is 0 Å². The van der Waals surface area contributed by atoms with Gasteiger partial charge in [0.05, 0.1) is 5.69 Å². The molecular weight excluding hydrogens is 290 g/mol. The number of aliphatic carboxylic acids is 1. The van der Waals surface area contributed by atoms with Gasteiger partial charge in [-0.25, -0.2) is 4.98 Å². The average molecular weight is 311 g/mol. The monoisotopic (exact) mass is 311 g/mol. The van der Waals surface area contributed by atoms with Crippen molar-refractivity contribution in [2.24, 2.45) is 11.8 Å². The molecule has 0 aliphatic carbocycles. The number of anilines is 1.